The molecule has 28 heavy (non-hydrogen) atoms. The van der Waals surface area contributed by atoms with Gasteiger partial charge >= 0.3 is 0 Å². The Kier molecular flexibility index (Phi) is 5.36. The Morgan fingerprint density at radius 3 is 2.04 bits per heavy atom. The van der Waals surface area contributed by atoms with Gasteiger partial charge in [0.1, 0.15) is 5.82 Å². The van der Waals surface area contributed by atoms with Crippen LogP contribution in [0.1, 0.15) is 10.4 Å². The average molecular weight is 406 g/mol. The number of halogens is 3. The molecule has 0 aliphatic rings. The molecule has 9 heteroatoms. The number of benzene rings is 3. The van der Waals surface area contributed by atoms with Crippen LogP contribution in [0, 0.1) is 17.5 Å². The number of carbonyl (C=O) groups is 1. The molecular formula is C19H13F3N2O3S. The van der Waals surface area contributed by atoms with E-state index >= 15 is 0 Å². The van der Waals surface area contributed by atoms with E-state index in [9.17, 15) is 26.4 Å². The van der Waals surface area contributed by atoms with E-state index in [1.807, 2.05) is 0 Å². The molecule has 0 aromatic heterocycles. The van der Waals surface area contributed by atoms with E-state index in [1.165, 1.54) is 36.4 Å². The average Bonchev–Trinajstić information content (AvgIpc) is 2.67. The Morgan fingerprint density at radius 2 is 1.39 bits per heavy atom. The number of rotatable bonds is 5. The zero-order valence-corrected chi connectivity index (χ0v) is 14.9. The SMILES string of the molecule is O=C(Nc1cc(F)c(F)cc1F)c1ccc(NS(=O)(=O)c2ccccc2)cc1. The van der Waals surface area contributed by atoms with Crippen molar-refractivity contribution >= 4 is 27.3 Å². The molecule has 3 aromatic carbocycles. The topological polar surface area (TPSA) is 75.3 Å². The summed E-state index contributed by atoms with van der Waals surface area (Å²) in [6.07, 6.45) is 0. The third-order valence-corrected chi connectivity index (χ3v) is 5.11. The Hall–Kier alpha value is -3.33. The lowest BCUT2D eigenvalue weighted by molar-refractivity contribution is 0.102. The molecule has 0 atom stereocenters. The molecule has 0 bridgehead atoms. The normalized spacial score (nSPS) is 11.1. The summed E-state index contributed by atoms with van der Waals surface area (Å²) in [6, 6.07) is 13.9. The lowest BCUT2D eigenvalue weighted by Gasteiger charge is -2.10. The number of hydrogen-bond acceptors (Lipinski definition) is 3. The van der Waals surface area contributed by atoms with Crippen molar-refractivity contribution in [2.45, 2.75) is 4.90 Å². The number of carbonyl (C=O) groups excluding carboxylic acids is 1. The maximum atomic E-state index is 13.6. The fraction of sp³-hybridized carbons (Fsp3) is 0. The first-order valence-corrected chi connectivity index (χ1v) is 9.38. The molecule has 0 saturated heterocycles. The highest BCUT2D eigenvalue weighted by Crippen LogP contribution is 2.20. The first-order chi connectivity index (χ1) is 13.3. The van der Waals surface area contributed by atoms with Crippen molar-refractivity contribution in [1.29, 1.82) is 0 Å². The van der Waals surface area contributed by atoms with Crippen molar-refractivity contribution in [2.24, 2.45) is 0 Å². The van der Waals surface area contributed by atoms with Crippen molar-refractivity contribution in [3.05, 3.63) is 89.7 Å². The van der Waals surface area contributed by atoms with Gasteiger partial charge in [0, 0.05) is 23.4 Å². The van der Waals surface area contributed by atoms with Crippen molar-refractivity contribution in [3.8, 4) is 0 Å². The van der Waals surface area contributed by atoms with Gasteiger partial charge in [-0.25, -0.2) is 21.6 Å². The van der Waals surface area contributed by atoms with E-state index in [1.54, 1.807) is 18.2 Å². The van der Waals surface area contributed by atoms with Gasteiger partial charge in [-0.05, 0) is 36.4 Å². The van der Waals surface area contributed by atoms with Gasteiger partial charge in [-0.3, -0.25) is 9.52 Å². The molecule has 0 heterocycles. The van der Waals surface area contributed by atoms with Gasteiger partial charge in [0.2, 0.25) is 0 Å². The standard InChI is InChI=1S/C19H13F3N2O3S/c20-15-10-17(22)18(11-16(15)21)23-19(25)12-6-8-13(9-7-12)24-28(26,27)14-4-2-1-3-5-14/h1-11,24H,(H,23,25). The van der Waals surface area contributed by atoms with E-state index in [-0.39, 0.29) is 16.1 Å². The van der Waals surface area contributed by atoms with Gasteiger partial charge in [-0.2, -0.15) is 0 Å². The maximum Gasteiger partial charge on any atom is 0.261 e. The largest absolute Gasteiger partial charge is 0.319 e. The van der Waals surface area contributed by atoms with E-state index in [0.717, 1.165) is 0 Å². The van der Waals surface area contributed by atoms with Gasteiger partial charge in [-0.15, -0.1) is 0 Å². The molecule has 0 fully saturated rings. The predicted molar refractivity (Wildman–Crippen MR) is 98.0 cm³/mol. The van der Waals surface area contributed by atoms with Crippen LogP contribution in [-0.4, -0.2) is 14.3 Å². The number of hydrogen-bond donors (Lipinski definition) is 2. The Morgan fingerprint density at radius 1 is 0.786 bits per heavy atom. The van der Waals surface area contributed by atoms with Crippen molar-refractivity contribution in [3.63, 3.8) is 0 Å². The Bertz CT molecular complexity index is 1120. The summed E-state index contributed by atoms with van der Waals surface area (Å²) in [6.45, 7) is 0. The van der Waals surface area contributed by atoms with Gasteiger partial charge in [-0.1, -0.05) is 18.2 Å². The molecule has 0 saturated carbocycles. The van der Waals surface area contributed by atoms with Gasteiger partial charge in [0.25, 0.3) is 15.9 Å². The Labute approximate surface area is 158 Å². The van der Waals surface area contributed by atoms with Crippen LogP contribution in [0.4, 0.5) is 24.5 Å². The maximum absolute atomic E-state index is 13.6. The third-order valence-electron chi connectivity index (χ3n) is 3.71. The molecular weight excluding hydrogens is 393 g/mol. The van der Waals surface area contributed by atoms with Gasteiger partial charge < -0.3 is 5.32 Å². The van der Waals surface area contributed by atoms with Crippen LogP contribution < -0.4 is 10.0 Å². The number of anilines is 2. The van der Waals surface area contributed by atoms with E-state index < -0.39 is 39.1 Å². The summed E-state index contributed by atoms with van der Waals surface area (Å²) < 4.78 is 66.6. The fourth-order valence-corrected chi connectivity index (χ4v) is 3.40. The molecule has 0 unspecified atom stereocenters. The highest BCUT2D eigenvalue weighted by atomic mass is 32.2. The molecule has 0 aliphatic heterocycles. The van der Waals surface area contributed by atoms with Gasteiger partial charge in [0.05, 0.1) is 10.6 Å². The van der Waals surface area contributed by atoms with Crippen LogP contribution in [0.25, 0.3) is 0 Å². The summed E-state index contributed by atoms with van der Waals surface area (Å²) in [4.78, 5) is 12.2. The summed E-state index contributed by atoms with van der Waals surface area (Å²) in [5, 5.41) is 2.13. The van der Waals surface area contributed by atoms with Crippen LogP contribution >= 0.6 is 0 Å². The van der Waals surface area contributed by atoms with Crippen molar-refractivity contribution in [2.75, 3.05) is 10.0 Å². The van der Waals surface area contributed by atoms with Crippen molar-refractivity contribution < 1.29 is 26.4 Å². The van der Waals surface area contributed by atoms with Crippen LogP contribution in [0.5, 0.6) is 0 Å². The first-order valence-electron chi connectivity index (χ1n) is 7.90. The number of nitrogens with one attached hydrogen (secondary N) is 2. The zero-order valence-electron chi connectivity index (χ0n) is 14.1. The molecule has 0 aliphatic carbocycles. The summed E-state index contributed by atoms with van der Waals surface area (Å²) in [5.41, 5.74) is -0.246. The minimum absolute atomic E-state index is 0.0618. The second-order valence-electron chi connectivity index (χ2n) is 5.70. The second-order valence-corrected chi connectivity index (χ2v) is 7.38. The number of amides is 1. The minimum atomic E-state index is -3.79. The van der Waals surface area contributed by atoms with Crippen LogP contribution in [0.3, 0.4) is 0 Å². The molecule has 1 amide bonds. The summed E-state index contributed by atoms with van der Waals surface area (Å²) in [7, 11) is -3.79. The highest BCUT2D eigenvalue weighted by Gasteiger charge is 2.15. The summed E-state index contributed by atoms with van der Waals surface area (Å²) >= 11 is 0. The number of sulfonamides is 1. The van der Waals surface area contributed by atoms with Gasteiger partial charge in [0.15, 0.2) is 11.6 Å². The highest BCUT2D eigenvalue weighted by molar-refractivity contribution is 7.92. The third kappa shape index (κ3) is 4.32. The smallest absolute Gasteiger partial charge is 0.261 e. The van der Waals surface area contributed by atoms with E-state index in [2.05, 4.69) is 10.0 Å². The first kappa shape index (κ1) is 19.4. The van der Waals surface area contributed by atoms with Crippen LogP contribution in [-0.2, 0) is 10.0 Å². The molecule has 0 radical (unpaired) electrons. The quantitative estimate of drug-likeness (QED) is 0.625. The molecule has 144 valence electrons. The van der Waals surface area contributed by atoms with Crippen molar-refractivity contribution in [1.82, 2.24) is 0 Å². The molecule has 5 nitrogen and oxygen atoms in total. The lowest BCUT2D eigenvalue weighted by atomic mass is 10.2. The summed E-state index contributed by atoms with van der Waals surface area (Å²) in [5.74, 6) is -4.57. The van der Waals surface area contributed by atoms with Crippen LogP contribution in [0.2, 0.25) is 0 Å². The van der Waals surface area contributed by atoms with Crippen LogP contribution in [0.15, 0.2) is 71.6 Å². The zero-order chi connectivity index (χ0) is 20.3. The molecule has 2 N–H and O–H groups in total. The predicted octanol–water partition coefficient (Wildman–Crippen LogP) is 4.16. The minimum Gasteiger partial charge on any atom is -0.319 e. The molecule has 0 spiro atoms. The molecule has 3 aromatic rings. The second kappa shape index (κ2) is 7.73. The lowest BCUT2D eigenvalue weighted by Crippen LogP contribution is -2.15. The fourth-order valence-electron chi connectivity index (χ4n) is 2.32. The Balaban J connectivity index is 1.74. The monoisotopic (exact) mass is 406 g/mol. The van der Waals surface area contributed by atoms with E-state index in [0.29, 0.717) is 12.1 Å². The van der Waals surface area contributed by atoms with E-state index in [4.69, 9.17) is 0 Å². The molecule has 3 rings (SSSR count).